The average Bonchev–Trinajstić information content (AvgIpc) is 2.50. The molecule has 1 atom stereocenters. The van der Waals surface area contributed by atoms with Gasteiger partial charge in [0, 0.05) is 4.47 Å². The first-order chi connectivity index (χ1) is 10.4. The van der Waals surface area contributed by atoms with Gasteiger partial charge in [-0.15, -0.1) is 0 Å². The maximum atomic E-state index is 12.9. The highest BCUT2D eigenvalue weighted by Crippen LogP contribution is 2.32. The second-order valence-corrected chi connectivity index (χ2v) is 7.25. The minimum atomic E-state index is -4.00. The number of hydrogen-bond donors (Lipinski definition) is 1. The number of para-hydroxylation sites is 1. The first-order valence-corrected chi connectivity index (χ1v) is 8.66. The molecular weight excluding hydrogens is 370 g/mol. The second-order valence-electron chi connectivity index (χ2n) is 4.58. The minimum absolute atomic E-state index is 0.0406. The van der Waals surface area contributed by atoms with Crippen molar-refractivity contribution in [2.24, 2.45) is 0 Å². The van der Waals surface area contributed by atoms with Gasteiger partial charge in [0.15, 0.2) is 0 Å². The van der Waals surface area contributed by atoms with Gasteiger partial charge in [-0.1, -0.05) is 30.3 Å². The lowest BCUT2D eigenvalue weighted by molar-refractivity contribution is -0.137. The van der Waals surface area contributed by atoms with Gasteiger partial charge < -0.3 is 5.11 Å². The summed E-state index contributed by atoms with van der Waals surface area (Å²) in [7, 11) is -4.00. The summed E-state index contributed by atoms with van der Waals surface area (Å²) in [6.07, 6.45) is 0. The maximum absolute atomic E-state index is 12.9. The minimum Gasteiger partial charge on any atom is -0.480 e. The maximum Gasteiger partial charge on any atom is 0.327 e. The summed E-state index contributed by atoms with van der Waals surface area (Å²) in [6, 6.07) is 13.1. The van der Waals surface area contributed by atoms with Crippen LogP contribution in [0.5, 0.6) is 0 Å². The molecule has 2 aromatic rings. The predicted octanol–water partition coefficient (Wildman–Crippen LogP) is 3.12. The Hall–Kier alpha value is -1.86. The number of sulfonamides is 1. The number of rotatable bonds is 5. The van der Waals surface area contributed by atoms with Gasteiger partial charge in [0.1, 0.15) is 6.04 Å². The van der Waals surface area contributed by atoms with E-state index < -0.39 is 22.0 Å². The Morgan fingerprint density at radius 3 is 2.18 bits per heavy atom. The highest BCUT2D eigenvalue weighted by atomic mass is 79.9. The highest BCUT2D eigenvalue weighted by molar-refractivity contribution is 9.10. The van der Waals surface area contributed by atoms with E-state index >= 15 is 0 Å². The number of carboxylic acids is 1. The van der Waals surface area contributed by atoms with Crippen molar-refractivity contribution in [3.05, 3.63) is 59.1 Å². The van der Waals surface area contributed by atoms with Crippen LogP contribution in [0, 0.1) is 0 Å². The molecule has 0 radical (unpaired) electrons. The summed E-state index contributed by atoms with van der Waals surface area (Å²) in [4.78, 5) is 11.4. The third-order valence-corrected chi connectivity index (χ3v) is 5.67. The molecule has 0 heterocycles. The molecule has 0 aliphatic carbocycles. The van der Waals surface area contributed by atoms with E-state index in [2.05, 4.69) is 15.9 Å². The van der Waals surface area contributed by atoms with E-state index in [1.54, 1.807) is 42.5 Å². The second kappa shape index (κ2) is 6.50. The molecule has 0 aromatic heterocycles. The molecule has 1 N–H and O–H groups in total. The van der Waals surface area contributed by atoms with Crippen LogP contribution < -0.4 is 4.31 Å². The largest absolute Gasteiger partial charge is 0.480 e. The zero-order chi connectivity index (χ0) is 16.3. The molecule has 2 aromatic carbocycles. The molecule has 7 heteroatoms. The van der Waals surface area contributed by atoms with E-state index in [4.69, 9.17) is 0 Å². The van der Waals surface area contributed by atoms with E-state index in [0.717, 1.165) is 4.31 Å². The molecular formula is C15H14BrNO4S. The van der Waals surface area contributed by atoms with E-state index in [1.165, 1.54) is 19.1 Å². The average molecular weight is 384 g/mol. The molecule has 0 saturated carbocycles. The molecule has 0 aliphatic heterocycles. The number of nitrogens with zero attached hydrogens (tertiary/aromatic N) is 1. The van der Waals surface area contributed by atoms with Crippen molar-refractivity contribution in [3.8, 4) is 0 Å². The third-order valence-electron chi connectivity index (χ3n) is 3.10. The van der Waals surface area contributed by atoms with Crippen LogP contribution >= 0.6 is 15.9 Å². The molecule has 0 saturated heterocycles. The number of carbonyl (C=O) groups is 1. The molecule has 5 nitrogen and oxygen atoms in total. The standard InChI is InChI=1S/C15H14BrNO4S/c1-11(15(18)19)17(14-10-6-5-9-13(14)16)22(20,21)12-7-3-2-4-8-12/h2-11H,1H3,(H,18,19). The van der Waals surface area contributed by atoms with Gasteiger partial charge in [0.25, 0.3) is 10.0 Å². The van der Waals surface area contributed by atoms with Crippen molar-refractivity contribution in [3.63, 3.8) is 0 Å². The van der Waals surface area contributed by atoms with Crippen LogP contribution in [0.3, 0.4) is 0 Å². The number of hydrogen-bond acceptors (Lipinski definition) is 3. The Labute approximate surface area is 137 Å². The van der Waals surface area contributed by atoms with Crippen molar-refractivity contribution in [1.82, 2.24) is 0 Å². The smallest absolute Gasteiger partial charge is 0.327 e. The fourth-order valence-electron chi connectivity index (χ4n) is 1.98. The molecule has 2 rings (SSSR count). The van der Waals surface area contributed by atoms with E-state index in [-0.39, 0.29) is 10.6 Å². The van der Waals surface area contributed by atoms with E-state index in [9.17, 15) is 18.3 Å². The van der Waals surface area contributed by atoms with Gasteiger partial charge in [-0.3, -0.25) is 4.31 Å². The van der Waals surface area contributed by atoms with E-state index in [1.807, 2.05) is 0 Å². The van der Waals surface area contributed by atoms with Crippen LogP contribution in [-0.2, 0) is 14.8 Å². The van der Waals surface area contributed by atoms with Crippen molar-refractivity contribution in [1.29, 1.82) is 0 Å². The Kier molecular flexibility index (Phi) is 4.87. The number of anilines is 1. The number of halogens is 1. The SMILES string of the molecule is CC(C(=O)O)N(c1ccccc1Br)S(=O)(=O)c1ccccc1. The lowest BCUT2D eigenvalue weighted by Crippen LogP contribution is -2.43. The predicted molar refractivity (Wildman–Crippen MR) is 87.3 cm³/mol. The van der Waals surface area contributed by atoms with Crippen molar-refractivity contribution in [2.75, 3.05) is 4.31 Å². The summed E-state index contributed by atoms with van der Waals surface area (Å²) in [5.74, 6) is -1.23. The first kappa shape index (κ1) is 16.5. The van der Waals surface area contributed by atoms with Crippen LogP contribution in [0.15, 0.2) is 64.0 Å². The summed E-state index contributed by atoms with van der Waals surface area (Å²) in [6.45, 7) is 1.34. The van der Waals surface area contributed by atoms with Crippen LogP contribution in [0.2, 0.25) is 0 Å². The molecule has 0 bridgehead atoms. The fraction of sp³-hybridized carbons (Fsp3) is 0.133. The fourth-order valence-corrected chi connectivity index (χ4v) is 4.23. The monoisotopic (exact) mass is 383 g/mol. The number of benzene rings is 2. The summed E-state index contributed by atoms with van der Waals surface area (Å²) < 4.78 is 27.2. The lowest BCUT2D eigenvalue weighted by Gasteiger charge is -2.28. The Morgan fingerprint density at radius 2 is 1.64 bits per heavy atom. The quantitative estimate of drug-likeness (QED) is 0.860. The van der Waals surface area contributed by atoms with Crippen molar-refractivity contribution >= 4 is 37.6 Å². The van der Waals surface area contributed by atoms with Crippen molar-refractivity contribution in [2.45, 2.75) is 17.9 Å². The van der Waals surface area contributed by atoms with Gasteiger partial charge >= 0.3 is 5.97 Å². The zero-order valence-corrected chi connectivity index (χ0v) is 14.1. The molecule has 22 heavy (non-hydrogen) atoms. The Morgan fingerprint density at radius 1 is 1.09 bits per heavy atom. The Bertz CT molecular complexity index is 777. The van der Waals surface area contributed by atoms with Gasteiger partial charge in [0.05, 0.1) is 10.6 Å². The summed E-state index contributed by atoms with van der Waals surface area (Å²) in [5.41, 5.74) is 0.279. The van der Waals surface area contributed by atoms with Gasteiger partial charge in [0.2, 0.25) is 0 Å². The van der Waals surface area contributed by atoms with Crippen LogP contribution in [-0.4, -0.2) is 25.5 Å². The van der Waals surface area contributed by atoms with Gasteiger partial charge in [-0.25, -0.2) is 13.2 Å². The normalized spacial score (nSPS) is 12.6. The summed E-state index contributed by atoms with van der Waals surface area (Å²) >= 11 is 3.28. The lowest BCUT2D eigenvalue weighted by atomic mass is 10.2. The number of carboxylic acid groups (broad SMARTS) is 1. The van der Waals surface area contributed by atoms with Crippen LogP contribution in [0.1, 0.15) is 6.92 Å². The van der Waals surface area contributed by atoms with Gasteiger partial charge in [-0.05, 0) is 47.1 Å². The summed E-state index contributed by atoms with van der Waals surface area (Å²) in [5, 5.41) is 9.29. The highest BCUT2D eigenvalue weighted by Gasteiger charge is 2.34. The molecule has 116 valence electrons. The number of aliphatic carboxylic acids is 1. The first-order valence-electron chi connectivity index (χ1n) is 6.42. The van der Waals surface area contributed by atoms with Gasteiger partial charge in [-0.2, -0.15) is 0 Å². The zero-order valence-electron chi connectivity index (χ0n) is 11.7. The molecule has 0 aliphatic rings. The van der Waals surface area contributed by atoms with Crippen LogP contribution in [0.4, 0.5) is 5.69 Å². The molecule has 0 fully saturated rings. The van der Waals surface area contributed by atoms with Crippen LogP contribution in [0.25, 0.3) is 0 Å². The van der Waals surface area contributed by atoms with E-state index in [0.29, 0.717) is 4.47 Å². The Balaban J connectivity index is 2.65. The van der Waals surface area contributed by atoms with Crippen molar-refractivity contribution < 1.29 is 18.3 Å². The third kappa shape index (κ3) is 3.15. The topological polar surface area (TPSA) is 74.7 Å². The molecule has 1 unspecified atom stereocenters. The molecule has 0 spiro atoms. The molecule has 0 amide bonds.